The molecule has 96 valence electrons. The van der Waals surface area contributed by atoms with Crippen molar-refractivity contribution in [1.29, 1.82) is 0 Å². The van der Waals surface area contributed by atoms with Crippen LogP contribution in [-0.2, 0) is 4.74 Å². The molecule has 0 spiro atoms. The third kappa shape index (κ3) is 4.61. The molecule has 4 nitrogen and oxygen atoms in total. The van der Waals surface area contributed by atoms with Crippen molar-refractivity contribution in [2.24, 2.45) is 5.92 Å². The molecule has 0 fully saturated rings. The largest absolute Gasteiger partial charge is 0.387 e. The highest BCUT2D eigenvalue weighted by Gasteiger charge is 2.13. The molecule has 0 aliphatic carbocycles. The van der Waals surface area contributed by atoms with Gasteiger partial charge in [0, 0.05) is 13.7 Å². The van der Waals surface area contributed by atoms with Gasteiger partial charge in [0.15, 0.2) is 0 Å². The fraction of sp³-hybridized carbons (Fsp3) is 0.615. The van der Waals surface area contributed by atoms with Crippen LogP contribution < -0.4 is 10.6 Å². The predicted molar refractivity (Wildman–Crippen MR) is 72.5 cm³/mol. The van der Waals surface area contributed by atoms with Gasteiger partial charge in [-0.1, -0.05) is 13.8 Å². The van der Waals surface area contributed by atoms with Crippen molar-refractivity contribution in [1.82, 2.24) is 4.98 Å². The topological polar surface area (TPSA) is 46.2 Å². The van der Waals surface area contributed by atoms with Crippen LogP contribution in [0.3, 0.4) is 0 Å². The van der Waals surface area contributed by atoms with Gasteiger partial charge in [0.2, 0.25) is 0 Å². The maximum Gasteiger partial charge on any atom is 0.0670 e. The lowest BCUT2D eigenvalue weighted by Gasteiger charge is -2.23. The summed E-state index contributed by atoms with van der Waals surface area (Å²) in [6.45, 7) is 7.86. The minimum absolute atomic E-state index is 0.309. The van der Waals surface area contributed by atoms with Crippen molar-refractivity contribution in [3.63, 3.8) is 0 Å². The fourth-order valence-corrected chi connectivity index (χ4v) is 1.52. The van der Waals surface area contributed by atoms with Crippen molar-refractivity contribution < 1.29 is 4.74 Å². The number of aromatic nitrogens is 1. The number of hydrogen-bond acceptors (Lipinski definition) is 4. The first-order valence-corrected chi connectivity index (χ1v) is 6.14. The molecular weight excluding hydrogens is 214 g/mol. The fourth-order valence-electron chi connectivity index (χ4n) is 1.52. The Bertz CT molecular complexity index is 328. The zero-order valence-electron chi connectivity index (χ0n) is 11.2. The molecule has 1 aromatic rings. The van der Waals surface area contributed by atoms with Crippen molar-refractivity contribution in [2.75, 3.05) is 30.9 Å². The average Bonchev–Trinajstić information content (AvgIpc) is 2.34. The highest BCUT2D eigenvalue weighted by atomic mass is 16.5. The number of nitrogens with zero attached hydrogens (tertiary/aromatic N) is 1. The van der Waals surface area contributed by atoms with E-state index in [1.807, 2.05) is 26.2 Å². The Hall–Kier alpha value is -1.29. The van der Waals surface area contributed by atoms with Crippen LogP contribution in [0.25, 0.3) is 0 Å². The SMILES string of the molecule is CCOCC(Nc1cncc(NC)c1)C(C)C. The van der Waals surface area contributed by atoms with E-state index in [1.54, 1.807) is 6.20 Å². The van der Waals surface area contributed by atoms with Gasteiger partial charge in [0.25, 0.3) is 0 Å². The van der Waals surface area contributed by atoms with Crippen LogP contribution in [0.2, 0.25) is 0 Å². The number of anilines is 2. The quantitative estimate of drug-likeness (QED) is 0.765. The van der Waals surface area contributed by atoms with Crippen molar-refractivity contribution in [3.05, 3.63) is 18.5 Å². The van der Waals surface area contributed by atoms with Gasteiger partial charge >= 0.3 is 0 Å². The molecule has 1 aromatic heterocycles. The van der Waals surface area contributed by atoms with Gasteiger partial charge < -0.3 is 15.4 Å². The molecule has 0 amide bonds. The molecule has 0 aliphatic rings. The summed E-state index contributed by atoms with van der Waals surface area (Å²) in [6.07, 6.45) is 3.64. The molecule has 1 rings (SSSR count). The summed E-state index contributed by atoms with van der Waals surface area (Å²) in [5.41, 5.74) is 2.03. The average molecular weight is 237 g/mol. The van der Waals surface area contributed by atoms with Gasteiger partial charge in [-0.25, -0.2) is 0 Å². The van der Waals surface area contributed by atoms with E-state index in [0.717, 1.165) is 24.6 Å². The number of ether oxygens (including phenoxy) is 1. The molecular formula is C13H23N3O. The van der Waals surface area contributed by atoms with E-state index in [2.05, 4.69) is 29.5 Å². The lowest BCUT2D eigenvalue weighted by Crippen LogP contribution is -2.31. The summed E-state index contributed by atoms with van der Waals surface area (Å²) in [6, 6.07) is 2.36. The van der Waals surface area contributed by atoms with Gasteiger partial charge in [-0.05, 0) is 18.9 Å². The van der Waals surface area contributed by atoms with Gasteiger partial charge in [-0.15, -0.1) is 0 Å². The first-order valence-electron chi connectivity index (χ1n) is 6.14. The van der Waals surface area contributed by atoms with E-state index >= 15 is 0 Å². The predicted octanol–water partition coefficient (Wildman–Crippen LogP) is 2.60. The Labute approximate surface area is 104 Å². The van der Waals surface area contributed by atoms with Crippen LogP contribution in [0.4, 0.5) is 11.4 Å². The van der Waals surface area contributed by atoms with Crippen molar-refractivity contribution in [3.8, 4) is 0 Å². The van der Waals surface area contributed by atoms with E-state index in [-0.39, 0.29) is 0 Å². The number of rotatable bonds is 7. The molecule has 0 aliphatic heterocycles. The van der Waals surface area contributed by atoms with Gasteiger partial charge in [0.05, 0.1) is 36.4 Å². The molecule has 1 heterocycles. The van der Waals surface area contributed by atoms with E-state index in [9.17, 15) is 0 Å². The summed E-state index contributed by atoms with van der Waals surface area (Å²) in [4.78, 5) is 4.18. The third-order valence-corrected chi connectivity index (χ3v) is 2.69. The van der Waals surface area contributed by atoms with Crippen LogP contribution >= 0.6 is 0 Å². The van der Waals surface area contributed by atoms with Crippen LogP contribution in [0.15, 0.2) is 18.5 Å². The first kappa shape index (κ1) is 13.8. The lowest BCUT2D eigenvalue weighted by atomic mass is 10.1. The second kappa shape index (κ2) is 7.12. The Morgan fingerprint density at radius 3 is 2.59 bits per heavy atom. The maximum absolute atomic E-state index is 5.49. The van der Waals surface area contributed by atoms with E-state index in [1.165, 1.54) is 0 Å². The minimum Gasteiger partial charge on any atom is -0.387 e. The van der Waals surface area contributed by atoms with Gasteiger partial charge in [-0.2, -0.15) is 0 Å². The monoisotopic (exact) mass is 237 g/mol. The van der Waals surface area contributed by atoms with E-state index in [0.29, 0.717) is 12.0 Å². The number of pyridine rings is 1. The Balaban J connectivity index is 2.64. The molecule has 1 unspecified atom stereocenters. The molecule has 0 saturated heterocycles. The summed E-state index contributed by atoms with van der Waals surface area (Å²) < 4.78 is 5.49. The molecule has 4 heteroatoms. The van der Waals surface area contributed by atoms with E-state index in [4.69, 9.17) is 4.74 Å². The Morgan fingerprint density at radius 2 is 2.00 bits per heavy atom. The molecule has 2 N–H and O–H groups in total. The highest BCUT2D eigenvalue weighted by molar-refractivity contribution is 5.54. The molecule has 1 atom stereocenters. The molecule has 0 bridgehead atoms. The van der Waals surface area contributed by atoms with Crippen LogP contribution in [0.1, 0.15) is 20.8 Å². The first-order chi connectivity index (χ1) is 8.17. The van der Waals surface area contributed by atoms with Crippen molar-refractivity contribution in [2.45, 2.75) is 26.8 Å². The van der Waals surface area contributed by atoms with Crippen molar-refractivity contribution >= 4 is 11.4 Å². The summed E-state index contributed by atoms with van der Waals surface area (Å²) >= 11 is 0. The Morgan fingerprint density at radius 1 is 1.29 bits per heavy atom. The molecule has 17 heavy (non-hydrogen) atoms. The smallest absolute Gasteiger partial charge is 0.0670 e. The van der Waals surface area contributed by atoms with Crippen LogP contribution in [0.5, 0.6) is 0 Å². The van der Waals surface area contributed by atoms with Gasteiger partial charge in [0.1, 0.15) is 0 Å². The standard InChI is InChI=1S/C13H23N3O/c1-5-17-9-13(10(2)3)16-12-6-11(14-4)7-15-8-12/h6-8,10,13-14,16H,5,9H2,1-4H3. The third-order valence-electron chi connectivity index (χ3n) is 2.69. The zero-order valence-corrected chi connectivity index (χ0v) is 11.2. The molecule has 0 saturated carbocycles. The van der Waals surface area contributed by atoms with Crippen LogP contribution in [0, 0.1) is 5.92 Å². The second-order valence-electron chi connectivity index (χ2n) is 4.37. The maximum atomic E-state index is 5.49. The number of hydrogen-bond donors (Lipinski definition) is 2. The molecule has 0 radical (unpaired) electrons. The summed E-state index contributed by atoms with van der Waals surface area (Å²) in [7, 11) is 1.89. The van der Waals surface area contributed by atoms with Gasteiger partial charge in [-0.3, -0.25) is 4.98 Å². The zero-order chi connectivity index (χ0) is 12.7. The summed E-state index contributed by atoms with van der Waals surface area (Å²) in [5, 5.41) is 6.54. The second-order valence-corrected chi connectivity index (χ2v) is 4.37. The van der Waals surface area contributed by atoms with E-state index < -0.39 is 0 Å². The Kier molecular flexibility index (Phi) is 5.77. The summed E-state index contributed by atoms with van der Waals surface area (Å²) in [5.74, 6) is 0.514. The molecule has 0 aromatic carbocycles. The van der Waals surface area contributed by atoms with Crippen LogP contribution in [-0.4, -0.2) is 31.3 Å². The number of nitrogens with one attached hydrogen (secondary N) is 2. The minimum atomic E-state index is 0.309. The normalized spacial score (nSPS) is 12.5. The highest BCUT2D eigenvalue weighted by Crippen LogP contribution is 2.16. The lowest BCUT2D eigenvalue weighted by molar-refractivity contribution is 0.127.